The second kappa shape index (κ2) is 4.38. The normalized spacial score (nSPS) is 21.9. The molecule has 2 N–H and O–H groups in total. The first-order valence-electron chi connectivity index (χ1n) is 3.84. The summed E-state index contributed by atoms with van der Waals surface area (Å²) in [6.07, 6.45) is 0. The van der Waals surface area contributed by atoms with E-state index in [1.165, 1.54) is 0 Å². The van der Waals surface area contributed by atoms with E-state index in [4.69, 9.17) is 5.84 Å². The van der Waals surface area contributed by atoms with Crippen LogP contribution < -0.4 is 5.84 Å². The molecule has 1 aliphatic heterocycles. The minimum Gasteiger partial charge on any atom is -0.299 e. The molecule has 1 rings (SSSR count). The van der Waals surface area contributed by atoms with E-state index in [1.807, 2.05) is 0 Å². The van der Waals surface area contributed by atoms with E-state index in [0.717, 1.165) is 32.7 Å². The summed E-state index contributed by atoms with van der Waals surface area (Å²) in [5, 5.41) is 4.61. The summed E-state index contributed by atoms with van der Waals surface area (Å²) in [4.78, 5) is 12.0. The highest BCUT2D eigenvalue weighted by Gasteiger charge is 2.12. The first-order chi connectivity index (χ1) is 5.33. The molecule has 0 bridgehead atoms. The van der Waals surface area contributed by atoms with Gasteiger partial charge in [-0.3, -0.25) is 10.7 Å². The molecule has 0 unspecified atom stereocenters. The number of nitrogens with zero attached hydrogens (tertiary/aromatic N) is 3. The Kier molecular flexibility index (Phi) is 3.41. The van der Waals surface area contributed by atoms with Crippen molar-refractivity contribution in [3.8, 4) is 0 Å². The molecular formula is C6H14N4O. The highest BCUT2D eigenvalue weighted by Crippen LogP contribution is 1.95. The number of hydrazine groups is 1. The quantitative estimate of drug-likeness (QED) is 0.433. The van der Waals surface area contributed by atoms with Crippen molar-refractivity contribution in [3.63, 3.8) is 0 Å². The predicted molar refractivity (Wildman–Crippen MR) is 42.9 cm³/mol. The zero-order chi connectivity index (χ0) is 8.10. The van der Waals surface area contributed by atoms with Gasteiger partial charge in [0.25, 0.3) is 0 Å². The molecule has 0 radical (unpaired) electrons. The highest BCUT2D eigenvalue weighted by atomic mass is 16.3. The minimum absolute atomic E-state index is 0.393. The van der Waals surface area contributed by atoms with Crippen molar-refractivity contribution in [2.75, 3.05) is 39.3 Å². The van der Waals surface area contributed by atoms with Gasteiger partial charge >= 0.3 is 0 Å². The Bertz CT molecular complexity index is 122. The molecule has 11 heavy (non-hydrogen) atoms. The Hall–Kier alpha value is -0.520. The molecule has 0 aromatic carbocycles. The van der Waals surface area contributed by atoms with Crippen LogP contribution in [0.2, 0.25) is 0 Å². The first kappa shape index (κ1) is 8.58. The van der Waals surface area contributed by atoms with Gasteiger partial charge in [-0.2, -0.15) is 4.91 Å². The third-order valence-electron chi connectivity index (χ3n) is 1.91. The molecule has 0 saturated carbocycles. The van der Waals surface area contributed by atoms with Gasteiger partial charge in [0.2, 0.25) is 0 Å². The molecule has 0 aromatic rings. The van der Waals surface area contributed by atoms with Crippen molar-refractivity contribution in [3.05, 3.63) is 4.91 Å². The third kappa shape index (κ3) is 2.92. The van der Waals surface area contributed by atoms with Crippen molar-refractivity contribution in [2.24, 2.45) is 11.0 Å². The largest absolute Gasteiger partial charge is 0.299 e. The molecule has 5 heteroatoms. The maximum absolute atomic E-state index is 9.80. The Morgan fingerprint density at radius 3 is 2.45 bits per heavy atom. The van der Waals surface area contributed by atoms with Crippen molar-refractivity contribution < 1.29 is 0 Å². The van der Waals surface area contributed by atoms with Gasteiger partial charge in [-0.15, -0.1) is 0 Å². The van der Waals surface area contributed by atoms with Crippen molar-refractivity contribution in [1.29, 1.82) is 0 Å². The fourth-order valence-electron chi connectivity index (χ4n) is 1.17. The molecular weight excluding hydrogens is 144 g/mol. The molecule has 5 nitrogen and oxygen atoms in total. The van der Waals surface area contributed by atoms with E-state index < -0.39 is 0 Å². The average Bonchev–Trinajstić information content (AvgIpc) is 2.04. The maximum atomic E-state index is 9.80. The number of rotatable bonds is 3. The zero-order valence-electron chi connectivity index (χ0n) is 6.57. The number of piperazine rings is 1. The molecule has 1 fully saturated rings. The summed E-state index contributed by atoms with van der Waals surface area (Å²) in [6, 6.07) is 0. The van der Waals surface area contributed by atoms with Crippen LogP contribution in [0.15, 0.2) is 5.18 Å². The van der Waals surface area contributed by atoms with E-state index in [0.29, 0.717) is 6.54 Å². The minimum atomic E-state index is 0.393. The average molecular weight is 158 g/mol. The Balaban J connectivity index is 2.12. The zero-order valence-corrected chi connectivity index (χ0v) is 6.57. The topological polar surface area (TPSA) is 61.9 Å². The van der Waals surface area contributed by atoms with Gasteiger partial charge < -0.3 is 0 Å². The molecule has 0 aromatic heterocycles. The van der Waals surface area contributed by atoms with E-state index in [-0.39, 0.29) is 0 Å². The van der Waals surface area contributed by atoms with Crippen molar-refractivity contribution >= 4 is 0 Å². The SMILES string of the molecule is NN1CCN(CCN=O)CC1. The van der Waals surface area contributed by atoms with Crippen LogP contribution >= 0.6 is 0 Å². The van der Waals surface area contributed by atoms with E-state index in [9.17, 15) is 4.91 Å². The number of nitroso groups, excluding NO2 is 1. The van der Waals surface area contributed by atoms with Gasteiger partial charge in [0.05, 0.1) is 6.54 Å². The Morgan fingerprint density at radius 1 is 1.27 bits per heavy atom. The Morgan fingerprint density at radius 2 is 1.91 bits per heavy atom. The molecule has 1 aliphatic rings. The molecule has 0 spiro atoms. The number of nitrogens with two attached hydrogens (primary N) is 1. The summed E-state index contributed by atoms with van der Waals surface area (Å²) in [5.41, 5.74) is 0. The van der Waals surface area contributed by atoms with Crippen LogP contribution in [-0.4, -0.2) is 49.2 Å². The van der Waals surface area contributed by atoms with Crippen LogP contribution in [0.1, 0.15) is 0 Å². The second-order valence-electron chi connectivity index (χ2n) is 2.73. The van der Waals surface area contributed by atoms with Crippen LogP contribution in [0.5, 0.6) is 0 Å². The van der Waals surface area contributed by atoms with Crippen LogP contribution in [0, 0.1) is 4.91 Å². The fraction of sp³-hybridized carbons (Fsp3) is 1.00. The van der Waals surface area contributed by atoms with Gasteiger partial charge in [0.15, 0.2) is 0 Å². The standard InChI is InChI=1S/C6H14N4O/c7-10-5-3-9(4-6-10)2-1-8-11/h1-7H2. The van der Waals surface area contributed by atoms with Crippen molar-refractivity contribution in [1.82, 2.24) is 9.91 Å². The fourth-order valence-corrected chi connectivity index (χ4v) is 1.17. The molecule has 0 amide bonds. The Labute approximate surface area is 66.1 Å². The second-order valence-corrected chi connectivity index (χ2v) is 2.73. The lowest BCUT2D eigenvalue weighted by Crippen LogP contribution is -2.49. The lowest BCUT2D eigenvalue weighted by molar-refractivity contribution is 0.136. The van der Waals surface area contributed by atoms with Gasteiger partial charge in [0.1, 0.15) is 0 Å². The van der Waals surface area contributed by atoms with Gasteiger partial charge in [0, 0.05) is 32.7 Å². The predicted octanol–water partition coefficient (Wildman–Crippen LogP) is -0.756. The lowest BCUT2D eigenvalue weighted by atomic mass is 10.3. The number of hydrogen-bond acceptors (Lipinski definition) is 5. The van der Waals surface area contributed by atoms with E-state index in [1.54, 1.807) is 5.01 Å². The van der Waals surface area contributed by atoms with Crippen molar-refractivity contribution in [2.45, 2.75) is 0 Å². The third-order valence-corrected chi connectivity index (χ3v) is 1.91. The van der Waals surface area contributed by atoms with Gasteiger partial charge in [-0.1, -0.05) is 5.18 Å². The number of hydrogen-bond donors (Lipinski definition) is 1. The highest BCUT2D eigenvalue weighted by molar-refractivity contribution is 4.68. The molecule has 1 heterocycles. The van der Waals surface area contributed by atoms with Crippen LogP contribution in [0.3, 0.4) is 0 Å². The van der Waals surface area contributed by atoms with E-state index >= 15 is 0 Å². The van der Waals surface area contributed by atoms with Gasteiger partial charge in [-0.05, 0) is 0 Å². The molecule has 0 aliphatic carbocycles. The van der Waals surface area contributed by atoms with E-state index in [2.05, 4.69) is 10.1 Å². The summed E-state index contributed by atoms with van der Waals surface area (Å²) in [6.45, 7) is 4.84. The van der Waals surface area contributed by atoms with Gasteiger partial charge in [-0.25, -0.2) is 5.01 Å². The summed E-state index contributed by atoms with van der Waals surface area (Å²) >= 11 is 0. The molecule has 0 atom stereocenters. The van der Waals surface area contributed by atoms with Crippen LogP contribution in [-0.2, 0) is 0 Å². The lowest BCUT2D eigenvalue weighted by Gasteiger charge is -2.31. The first-order valence-corrected chi connectivity index (χ1v) is 3.84. The van der Waals surface area contributed by atoms with Crippen LogP contribution in [0.25, 0.3) is 0 Å². The summed E-state index contributed by atoms with van der Waals surface area (Å²) in [5.74, 6) is 5.55. The molecule has 1 saturated heterocycles. The molecule has 64 valence electrons. The monoisotopic (exact) mass is 158 g/mol. The maximum Gasteiger partial charge on any atom is 0.0938 e. The summed E-state index contributed by atoms with van der Waals surface area (Å²) in [7, 11) is 0. The van der Waals surface area contributed by atoms with Crippen LogP contribution in [0.4, 0.5) is 0 Å². The summed E-state index contributed by atoms with van der Waals surface area (Å²) < 4.78 is 0. The smallest absolute Gasteiger partial charge is 0.0938 e.